The topological polar surface area (TPSA) is 36.9 Å². The van der Waals surface area contributed by atoms with E-state index < -0.39 is 10.9 Å². The van der Waals surface area contributed by atoms with Gasteiger partial charge in [-0.1, -0.05) is 70.9 Å². The third kappa shape index (κ3) is 11.1. The van der Waals surface area contributed by atoms with Gasteiger partial charge in [-0.3, -0.25) is 0 Å². The maximum Gasteiger partial charge on any atom is 1.00 e. The summed E-state index contributed by atoms with van der Waals surface area (Å²) in [5.74, 6) is 1.69. The smallest absolute Gasteiger partial charge is 0.719 e. The summed E-state index contributed by atoms with van der Waals surface area (Å²) in [5.41, 5.74) is -3.45. The van der Waals surface area contributed by atoms with E-state index in [9.17, 15) is 0 Å². The van der Waals surface area contributed by atoms with Gasteiger partial charge in [-0.2, -0.15) is 0 Å². The van der Waals surface area contributed by atoms with Gasteiger partial charge in [-0.15, -0.1) is 0 Å². The predicted molar refractivity (Wildman–Crippen MR) is 124 cm³/mol. The number of hydrogen-bond acceptors (Lipinski definition) is 8. The Morgan fingerprint density at radius 3 is 1.41 bits per heavy atom. The van der Waals surface area contributed by atoms with Crippen molar-refractivity contribution < 1.29 is 77.6 Å². The maximum absolute atomic E-state index is 5.84. The van der Waals surface area contributed by atoms with Crippen molar-refractivity contribution in [2.45, 2.75) is 13.2 Å². The molecule has 2 aromatic rings. The molecule has 0 aromatic heterocycles. The fraction of sp³-hybridized carbons (Fsp3) is 0.294. The number of ether oxygens (including phenoxy) is 2. The average Bonchev–Trinajstić information content (AvgIpc) is 2.64. The molecule has 2 rings (SSSR count). The minimum absolute atomic E-state index is 0. The van der Waals surface area contributed by atoms with Crippen molar-refractivity contribution in [3.05, 3.63) is 59.7 Å². The van der Waals surface area contributed by atoms with Crippen LogP contribution in [0, 0.1) is 0 Å². The summed E-state index contributed by atoms with van der Waals surface area (Å²) in [4.78, 5) is 0. The molecule has 4 nitrogen and oxygen atoms in total. The number of benzene rings is 2. The van der Waals surface area contributed by atoms with Crippen LogP contribution in [0.2, 0.25) is 0 Å². The van der Waals surface area contributed by atoms with Gasteiger partial charge in [-0.05, 0) is 12.1 Å². The predicted octanol–water partition coefficient (Wildman–Crippen LogP) is -0.884. The Labute approximate surface area is 238 Å². The van der Waals surface area contributed by atoms with E-state index in [2.05, 4.69) is 0 Å². The van der Waals surface area contributed by atoms with Gasteiger partial charge in [0.15, 0.2) is 0 Å². The summed E-state index contributed by atoms with van der Waals surface area (Å²) in [5, 5.41) is 0. The average molecular weight is 525 g/mol. The molecule has 0 saturated heterocycles. The van der Waals surface area contributed by atoms with Gasteiger partial charge in [0.1, 0.15) is 11.5 Å². The summed E-state index contributed by atoms with van der Waals surface area (Å²) in [6, 6.07) is 15.1. The Morgan fingerprint density at radius 1 is 0.724 bits per heavy atom. The van der Waals surface area contributed by atoms with E-state index in [-0.39, 0.29) is 78.2 Å². The largest absolute Gasteiger partial charge is 1.00 e. The molecule has 2 aromatic carbocycles. The second kappa shape index (κ2) is 15.0. The normalized spacial score (nSPS) is 14.5. The van der Waals surface area contributed by atoms with Crippen molar-refractivity contribution >= 4 is 59.0 Å². The molecule has 2 atom stereocenters. The Morgan fingerprint density at radius 2 is 1.07 bits per heavy atom. The van der Waals surface area contributed by atoms with E-state index in [1.807, 2.05) is 48.5 Å². The standard InChI is InChI=1S/C17H22O4P2S4.2Na/c1-18-16-9-5-3-7-14(16)11-20-22(24,25)13-23(26,27)21-12-15-8-4-6-10-17(15)19-2;;/h3-10H,11-13H2,1-2H3,(H,24,25)(H,26,27);;/q;2*+1/p-2. The number of para-hydroxylation sites is 2. The van der Waals surface area contributed by atoms with Crippen molar-refractivity contribution in [3.63, 3.8) is 0 Å². The van der Waals surface area contributed by atoms with Crippen LogP contribution in [0.4, 0.5) is 0 Å². The Balaban J connectivity index is 0.00000392. The molecule has 0 aliphatic carbocycles. The molecule has 0 fully saturated rings. The molecule has 0 N–H and O–H groups in total. The van der Waals surface area contributed by atoms with Crippen molar-refractivity contribution in [1.29, 1.82) is 0 Å². The molecule has 0 spiro atoms. The molecule has 0 heterocycles. The third-order valence-corrected chi connectivity index (χ3v) is 12.8. The minimum Gasteiger partial charge on any atom is -0.719 e. The summed E-state index contributed by atoms with van der Waals surface area (Å²) in [6.45, 7) is 0.532. The molecule has 0 aliphatic heterocycles. The molecule has 148 valence electrons. The molecule has 2 unspecified atom stereocenters. The third-order valence-electron chi connectivity index (χ3n) is 3.56. The summed E-state index contributed by atoms with van der Waals surface area (Å²) >= 11 is 22.0. The Hall–Kier alpha value is 1.96. The minimum atomic E-state index is -2.60. The fourth-order valence-electron chi connectivity index (χ4n) is 2.27. The zero-order chi connectivity index (χ0) is 19.9. The molecule has 29 heavy (non-hydrogen) atoms. The van der Waals surface area contributed by atoms with Crippen LogP contribution in [0.1, 0.15) is 11.1 Å². The van der Waals surface area contributed by atoms with E-state index in [1.165, 1.54) is 0 Å². The number of hydrogen-bond donors (Lipinski definition) is 0. The summed E-state index contributed by atoms with van der Waals surface area (Å²) in [7, 11) is 3.22. The van der Waals surface area contributed by atoms with Crippen molar-refractivity contribution in [2.75, 3.05) is 20.1 Å². The van der Waals surface area contributed by atoms with Gasteiger partial charge in [0.2, 0.25) is 0 Å². The fourth-order valence-corrected chi connectivity index (χ4v) is 14.4. The van der Waals surface area contributed by atoms with Crippen LogP contribution >= 0.6 is 10.9 Å². The SMILES string of the molecule is COc1ccccc1COP(=S)([S-])CP(=S)([S-])OCc1ccccc1OC.[Na+].[Na+]. The van der Waals surface area contributed by atoms with Crippen LogP contribution < -0.4 is 68.6 Å². The van der Waals surface area contributed by atoms with E-state index in [0.29, 0.717) is 0 Å². The summed E-state index contributed by atoms with van der Waals surface area (Å²) in [6.07, 6.45) is 0. The van der Waals surface area contributed by atoms with Gasteiger partial charge in [0, 0.05) is 17.0 Å². The van der Waals surface area contributed by atoms with Crippen LogP contribution in [-0.4, -0.2) is 20.1 Å². The van der Waals surface area contributed by atoms with Gasteiger partial charge in [0.25, 0.3) is 0 Å². The molecule has 0 aliphatic rings. The quantitative estimate of drug-likeness (QED) is 0.225. The van der Waals surface area contributed by atoms with Gasteiger partial charge in [0.05, 0.1) is 27.4 Å². The van der Waals surface area contributed by atoms with Gasteiger partial charge >= 0.3 is 59.1 Å². The monoisotopic (exact) mass is 524 g/mol. The second-order valence-corrected chi connectivity index (χ2v) is 18.1. The maximum atomic E-state index is 5.84. The van der Waals surface area contributed by atoms with Gasteiger partial charge < -0.3 is 43.0 Å². The van der Waals surface area contributed by atoms with Gasteiger partial charge in [-0.25, -0.2) is 0 Å². The van der Waals surface area contributed by atoms with E-state index in [1.54, 1.807) is 14.2 Å². The second-order valence-electron chi connectivity index (χ2n) is 5.53. The van der Waals surface area contributed by atoms with E-state index in [4.69, 9.17) is 66.6 Å². The van der Waals surface area contributed by atoms with Crippen LogP contribution in [-0.2, 0) is 70.4 Å². The molecule has 0 bridgehead atoms. The molecule has 0 radical (unpaired) electrons. The molecular formula is C17H20Na2O4P2S4. The number of methoxy groups -OCH3 is 2. The zero-order valence-corrected chi connectivity index (χ0v) is 26.0. The first-order chi connectivity index (χ1) is 12.8. The number of rotatable bonds is 10. The van der Waals surface area contributed by atoms with Crippen molar-refractivity contribution in [2.24, 2.45) is 0 Å². The van der Waals surface area contributed by atoms with Crippen LogP contribution in [0.5, 0.6) is 11.5 Å². The molecule has 0 amide bonds. The Kier molecular flexibility index (Phi) is 16.0. The van der Waals surface area contributed by atoms with Crippen LogP contribution in [0.3, 0.4) is 0 Å². The van der Waals surface area contributed by atoms with Crippen molar-refractivity contribution in [1.82, 2.24) is 0 Å². The van der Waals surface area contributed by atoms with E-state index in [0.717, 1.165) is 22.6 Å². The van der Waals surface area contributed by atoms with Crippen LogP contribution in [0.25, 0.3) is 0 Å². The first-order valence-electron chi connectivity index (χ1n) is 7.89. The zero-order valence-electron chi connectivity index (χ0n) is 16.9. The van der Waals surface area contributed by atoms with E-state index >= 15 is 0 Å². The Bertz CT molecular complexity index is 803. The first-order valence-corrected chi connectivity index (χ1v) is 15.7. The first kappa shape index (κ1) is 31.0. The summed E-state index contributed by atoms with van der Waals surface area (Å²) < 4.78 is 22.3. The van der Waals surface area contributed by atoms with Crippen molar-refractivity contribution in [3.8, 4) is 11.5 Å². The molecule has 12 heteroatoms. The molecular weight excluding hydrogens is 504 g/mol. The van der Waals surface area contributed by atoms with Crippen LogP contribution in [0.15, 0.2) is 48.5 Å². The molecule has 0 saturated carbocycles.